The lowest BCUT2D eigenvalue weighted by molar-refractivity contribution is -0.884. The summed E-state index contributed by atoms with van der Waals surface area (Å²) in [5.74, 6) is -5.24. The number of rotatable bonds is 2. The van der Waals surface area contributed by atoms with E-state index in [4.69, 9.17) is 0 Å². The van der Waals surface area contributed by atoms with Crippen molar-refractivity contribution in [2.45, 2.75) is 13.5 Å². The number of benzene rings is 1. The van der Waals surface area contributed by atoms with E-state index in [1.807, 2.05) is 0 Å². The van der Waals surface area contributed by atoms with Gasteiger partial charge in [-0.25, -0.2) is 17.6 Å². The second-order valence-electron chi connectivity index (χ2n) is 4.81. The molecule has 1 nitrogen and oxygen atoms in total. The van der Waals surface area contributed by atoms with Crippen LogP contribution in [0.15, 0.2) is 0 Å². The molecule has 1 aromatic carbocycles. The zero-order valence-electron chi connectivity index (χ0n) is 9.67. The van der Waals surface area contributed by atoms with E-state index >= 15 is 0 Å². The van der Waals surface area contributed by atoms with Crippen LogP contribution >= 0.6 is 0 Å². The van der Waals surface area contributed by atoms with Crippen LogP contribution in [0.5, 0.6) is 0 Å². The lowest BCUT2D eigenvalue weighted by Gasteiger charge is -2.24. The fourth-order valence-electron chi connectivity index (χ4n) is 1.40. The molecule has 0 heterocycles. The monoisotopic (exact) mass is 236 g/mol. The Morgan fingerprint density at radius 2 is 1.19 bits per heavy atom. The third-order valence-electron chi connectivity index (χ3n) is 2.21. The normalized spacial score (nSPS) is 12.0. The zero-order valence-corrected chi connectivity index (χ0v) is 9.67. The minimum atomic E-state index is -1.32. The van der Waals surface area contributed by atoms with Gasteiger partial charge in [-0.3, -0.25) is 0 Å². The van der Waals surface area contributed by atoms with E-state index in [0.29, 0.717) is 0 Å². The van der Waals surface area contributed by atoms with Crippen molar-refractivity contribution >= 4 is 0 Å². The van der Waals surface area contributed by atoms with Crippen molar-refractivity contribution in [3.8, 4) is 0 Å². The molecule has 0 saturated heterocycles. The lowest BCUT2D eigenvalue weighted by Crippen LogP contribution is -2.34. The molecule has 16 heavy (non-hydrogen) atoms. The Labute approximate surface area is 91.9 Å². The van der Waals surface area contributed by atoms with Crippen LogP contribution in [0.1, 0.15) is 11.1 Å². The molecule has 0 aliphatic rings. The van der Waals surface area contributed by atoms with Crippen molar-refractivity contribution in [3.63, 3.8) is 0 Å². The molecule has 5 heteroatoms. The van der Waals surface area contributed by atoms with Crippen LogP contribution in [0.25, 0.3) is 0 Å². The first-order chi connectivity index (χ1) is 7.15. The first kappa shape index (κ1) is 13.0. The van der Waals surface area contributed by atoms with Gasteiger partial charge in [0.2, 0.25) is 0 Å². The Morgan fingerprint density at radius 3 is 1.50 bits per heavy atom. The third kappa shape index (κ3) is 2.35. The van der Waals surface area contributed by atoms with Gasteiger partial charge in [-0.1, -0.05) is 0 Å². The van der Waals surface area contributed by atoms with Crippen molar-refractivity contribution in [2.24, 2.45) is 0 Å². The number of hydrogen-bond donors (Lipinski definition) is 0. The van der Waals surface area contributed by atoms with Gasteiger partial charge in [-0.2, -0.15) is 0 Å². The smallest absolute Gasteiger partial charge is 0.171 e. The quantitative estimate of drug-likeness (QED) is 0.421. The molecule has 0 N–H and O–H groups in total. The predicted molar refractivity (Wildman–Crippen MR) is 52.7 cm³/mol. The Bertz CT molecular complexity index is 392. The molecule has 0 aliphatic heterocycles. The van der Waals surface area contributed by atoms with Gasteiger partial charge in [0.1, 0.15) is 6.54 Å². The highest BCUT2D eigenvalue weighted by Crippen LogP contribution is 2.25. The van der Waals surface area contributed by atoms with Crippen LogP contribution in [0.3, 0.4) is 0 Å². The van der Waals surface area contributed by atoms with Gasteiger partial charge in [-0.05, 0) is 6.92 Å². The van der Waals surface area contributed by atoms with Crippen LogP contribution in [-0.4, -0.2) is 25.6 Å². The summed E-state index contributed by atoms with van der Waals surface area (Å²) >= 11 is 0. The molecular weight excluding hydrogens is 222 g/mol. The van der Waals surface area contributed by atoms with Crippen molar-refractivity contribution in [1.82, 2.24) is 0 Å². The van der Waals surface area contributed by atoms with Crippen LogP contribution < -0.4 is 0 Å². The number of hydrogen-bond acceptors (Lipinski definition) is 0. The van der Waals surface area contributed by atoms with Gasteiger partial charge in [0.15, 0.2) is 23.3 Å². The van der Waals surface area contributed by atoms with E-state index in [9.17, 15) is 17.6 Å². The molecule has 0 unspecified atom stereocenters. The average molecular weight is 236 g/mol. The van der Waals surface area contributed by atoms with Crippen molar-refractivity contribution < 1.29 is 22.0 Å². The summed E-state index contributed by atoms with van der Waals surface area (Å²) in [5.41, 5.74) is -1.17. The second kappa shape index (κ2) is 4.05. The van der Waals surface area contributed by atoms with Crippen molar-refractivity contribution in [1.29, 1.82) is 0 Å². The first-order valence-corrected chi connectivity index (χ1v) is 4.77. The molecule has 0 saturated carbocycles. The van der Waals surface area contributed by atoms with Crippen molar-refractivity contribution in [2.75, 3.05) is 21.1 Å². The zero-order chi connectivity index (χ0) is 12.7. The second-order valence-corrected chi connectivity index (χ2v) is 4.81. The maximum atomic E-state index is 13.4. The van der Waals surface area contributed by atoms with Gasteiger partial charge in [0, 0.05) is 5.56 Å². The van der Waals surface area contributed by atoms with E-state index < -0.39 is 34.4 Å². The van der Waals surface area contributed by atoms with E-state index in [1.54, 1.807) is 21.1 Å². The van der Waals surface area contributed by atoms with E-state index in [-0.39, 0.29) is 11.0 Å². The summed E-state index contributed by atoms with van der Waals surface area (Å²) in [6.07, 6.45) is 0. The molecular formula is C11H14F4N+. The highest BCUT2D eigenvalue weighted by molar-refractivity contribution is 5.28. The highest BCUT2D eigenvalue weighted by Gasteiger charge is 2.26. The Morgan fingerprint density at radius 1 is 0.812 bits per heavy atom. The minimum absolute atomic E-state index is 0.119. The Balaban J connectivity index is 3.40. The molecule has 1 rings (SSSR count). The summed E-state index contributed by atoms with van der Waals surface area (Å²) in [5, 5.41) is 0. The molecule has 0 fully saturated rings. The maximum Gasteiger partial charge on any atom is 0.171 e. The largest absolute Gasteiger partial charge is 0.327 e. The number of nitrogens with zero attached hydrogens (tertiary/aromatic N) is 1. The fraction of sp³-hybridized carbons (Fsp3) is 0.455. The van der Waals surface area contributed by atoms with Gasteiger partial charge in [-0.15, -0.1) is 0 Å². The van der Waals surface area contributed by atoms with E-state index in [0.717, 1.165) is 6.92 Å². The molecule has 0 aromatic heterocycles. The summed E-state index contributed by atoms with van der Waals surface area (Å²) in [4.78, 5) is 0. The molecule has 0 bridgehead atoms. The highest BCUT2D eigenvalue weighted by atomic mass is 19.2. The first-order valence-electron chi connectivity index (χ1n) is 4.77. The molecule has 0 spiro atoms. The topological polar surface area (TPSA) is 0 Å². The standard InChI is InChI=1S/C11H14F4N/c1-6-8(12)10(14)7(5-16(2,3)4)11(15)9(6)13/h5H2,1-4H3/q+1. The molecule has 1 aromatic rings. The predicted octanol–water partition coefficient (Wildman–Crippen LogP) is 2.76. The molecule has 0 aliphatic carbocycles. The summed E-state index contributed by atoms with van der Waals surface area (Å²) in [6, 6.07) is 0. The summed E-state index contributed by atoms with van der Waals surface area (Å²) in [6.45, 7) is 0.887. The molecule has 90 valence electrons. The Hall–Kier alpha value is -1.10. The summed E-state index contributed by atoms with van der Waals surface area (Å²) in [7, 11) is 5.03. The van der Waals surface area contributed by atoms with Gasteiger partial charge >= 0.3 is 0 Å². The van der Waals surface area contributed by atoms with Crippen LogP contribution in [-0.2, 0) is 6.54 Å². The van der Waals surface area contributed by atoms with Crippen LogP contribution in [0, 0.1) is 30.2 Å². The van der Waals surface area contributed by atoms with Crippen molar-refractivity contribution in [3.05, 3.63) is 34.4 Å². The maximum absolute atomic E-state index is 13.4. The molecule has 0 radical (unpaired) electrons. The van der Waals surface area contributed by atoms with Gasteiger partial charge in [0.25, 0.3) is 0 Å². The summed E-state index contributed by atoms with van der Waals surface area (Å²) < 4.78 is 53.5. The number of quaternary nitrogens is 1. The van der Waals surface area contributed by atoms with Gasteiger partial charge in [0.05, 0.1) is 26.7 Å². The van der Waals surface area contributed by atoms with Crippen LogP contribution in [0.4, 0.5) is 17.6 Å². The lowest BCUT2D eigenvalue weighted by atomic mass is 10.1. The SMILES string of the molecule is Cc1c(F)c(F)c(C[N+](C)(C)C)c(F)c1F. The molecule has 0 amide bonds. The number of halogens is 4. The van der Waals surface area contributed by atoms with E-state index in [1.165, 1.54) is 0 Å². The average Bonchev–Trinajstić information content (AvgIpc) is 2.17. The van der Waals surface area contributed by atoms with Crippen LogP contribution in [0.2, 0.25) is 0 Å². The Kier molecular flexibility index (Phi) is 3.28. The van der Waals surface area contributed by atoms with Gasteiger partial charge < -0.3 is 4.48 Å². The van der Waals surface area contributed by atoms with E-state index in [2.05, 4.69) is 0 Å². The fourth-order valence-corrected chi connectivity index (χ4v) is 1.40. The third-order valence-corrected chi connectivity index (χ3v) is 2.21. The molecule has 0 atom stereocenters. The minimum Gasteiger partial charge on any atom is -0.327 e.